The second-order valence-corrected chi connectivity index (χ2v) is 6.58. The summed E-state index contributed by atoms with van der Waals surface area (Å²) in [4.78, 5) is 14.9. The molecule has 0 unspecified atom stereocenters. The largest absolute Gasteiger partial charge is 0.354 e. The van der Waals surface area contributed by atoms with E-state index in [4.69, 9.17) is 0 Å². The van der Waals surface area contributed by atoms with Gasteiger partial charge in [-0.1, -0.05) is 29.8 Å². The molecule has 126 valence electrons. The highest BCUT2D eigenvalue weighted by Gasteiger charge is 2.27. The Kier molecular flexibility index (Phi) is 3.68. The first kappa shape index (κ1) is 15.6. The van der Waals surface area contributed by atoms with E-state index in [1.165, 1.54) is 11.8 Å². The van der Waals surface area contributed by atoms with Gasteiger partial charge in [0.1, 0.15) is 5.82 Å². The van der Waals surface area contributed by atoms with Crippen LogP contribution >= 0.6 is 0 Å². The number of rotatable bonds is 1. The molecule has 1 aliphatic heterocycles. The molecule has 0 N–H and O–H groups in total. The highest BCUT2D eigenvalue weighted by Crippen LogP contribution is 2.32. The summed E-state index contributed by atoms with van der Waals surface area (Å²) in [5, 5.41) is 0. The Morgan fingerprint density at radius 2 is 1.88 bits per heavy atom. The zero-order valence-electron chi connectivity index (χ0n) is 14.3. The minimum absolute atomic E-state index is 0.120. The van der Waals surface area contributed by atoms with E-state index in [-0.39, 0.29) is 11.5 Å². The van der Waals surface area contributed by atoms with Crippen LogP contribution in [-0.2, 0) is 20.0 Å². The van der Waals surface area contributed by atoms with Crippen molar-refractivity contribution in [1.29, 1.82) is 0 Å². The van der Waals surface area contributed by atoms with Gasteiger partial charge in [0.15, 0.2) is 0 Å². The maximum atomic E-state index is 14.3. The predicted molar refractivity (Wildman–Crippen MR) is 96.3 cm³/mol. The third-order valence-electron chi connectivity index (χ3n) is 4.86. The summed E-state index contributed by atoms with van der Waals surface area (Å²) in [6, 6.07) is 14.6. The maximum absolute atomic E-state index is 14.3. The number of para-hydroxylation sites is 1. The summed E-state index contributed by atoms with van der Waals surface area (Å²) in [7, 11) is 2.01. The molecule has 0 atom stereocenters. The van der Waals surface area contributed by atoms with E-state index in [1.54, 1.807) is 17.0 Å². The molecule has 2 aromatic carbocycles. The minimum Gasteiger partial charge on any atom is -0.354 e. The standard InChI is InChI=1S/C21H19FN2O/c1-14-7-8-18(22)17(11-14)21(25)24-13-16-9-10-23(2)20(16)12-15-5-3-4-6-19(15)24/h3-11H,12-13H2,1-2H3. The number of aryl methyl sites for hydroxylation is 2. The van der Waals surface area contributed by atoms with Gasteiger partial charge in [-0.2, -0.15) is 0 Å². The van der Waals surface area contributed by atoms with Crippen molar-refractivity contribution < 1.29 is 9.18 Å². The summed E-state index contributed by atoms with van der Waals surface area (Å²) in [6.07, 6.45) is 2.77. The fraction of sp³-hybridized carbons (Fsp3) is 0.190. The number of halogens is 1. The van der Waals surface area contributed by atoms with Crippen LogP contribution in [0, 0.1) is 12.7 Å². The highest BCUT2D eigenvalue weighted by atomic mass is 19.1. The predicted octanol–water partition coefficient (Wildman–Crippen LogP) is 4.22. The molecular formula is C21H19FN2O. The van der Waals surface area contributed by atoms with E-state index in [1.807, 2.05) is 50.5 Å². The average molecular weight is 334 g/mol. The van der Waals surface area contributed by atoms with Crippen LogP contribution in [0.5, 0.6) is 0 Å². The summed E-state index contributed by atoms with van der Waals surface area (Å²) < 4.78 is 16.4. The maximum Gasteiger partial charge on any atom is 0.261 e. The van der Waals surface area contributed by atoms with Gasteiger partial charge in [0.25, 0.3) is 5.91 Å². The van der Waals surface area contributed by atoms with Crippen LogP contribution in [0.1, 0.15) is 32.7 Å². The first-order valence-corrected chi connectivity index (χ1v) is 8.33. The van der Waals surface area contributed by atoms with E-state index in [0.29, 0.717) is 6.54 Å². The smallest absolute Gasteiger partial charge is 0.261 e. The van der Waals surface area contributed by atoms with Crippen molar-refractivity contribution >= 4 is 11.6 Å². The van der Waals surface area contributed by atoms with Crippen LogP contribution < -0.4 is 4.90 Å². The van der Waals surface area contributed by atoms with E-state index >= 15 is 0 Å². The quantitative estimate of drug-likeness (QED) is 0.654. The van der Waals surface area contributed by atoms with Crippen molar-refractivity contribution in [2.45, 2.75) is 19.9 Å². The number of hydrogen-bond acceptors (Lipinski definition) is 1. The number of benzene rings is 2. The fourth-order valence-electron chi connectivity index (χ4n) is 3.49. The Morgan fingerprint density at radius 3 is 2.72 bits per heavy atom. The molecule has 3 aromatic rings. The molecule has 1 aromatic heterocycles. The molecule has 4 rings (SSSR count). The van der Waals surface area contributed by atoms with Gasteiger partial charge >= 0.3 is 0 Å². The summed E-state index contributed by atoms with van der Waals surface area (Å²) in [6.45, 7) is 2.31. The van der Waals surface area contributed by atoms with Gasteiger partial charge < -0.3 is 9.47 Å². The van der Waals surface area contributed by atoms with Crippen LogP contribution in [-0.4, -0.2) is 10.5 Å². The van der Waals surface area contributed by atoms with Gasteiger partial charge in [-0.15, -0.1) is 0 Å². The van der Waals surface area contributed by atoms with Crippen LogP contribution in [0.4, 0.5) is 10.1 Å². The first-order valence-electron chi connectivity index (χ1n) is 8.33. The number of hydrogen-bond donors (Lipinski definition) is 0. The molecule has 1 aliphatic rings. The molecule has 0 aliphatic carbocycles. The molecule has 0 bridgehead atoms. The van der Waals surface area contributed by atoms with Crippen LogP contribution in [0.2, 0.25) is 0 Å². The van der Waals surface area contributed by atoms with Crippen molar-refractivity contribution in [2.24, 2.45) is 7.05 Å². The second-order valence-electron chi connectivity index (χ2n) is 6.58. The number of fused-ring (bicyclic) bond motifs is 2. The van der Waals surface area contributed by atoms with Gasteiger partial charge in [0, 0.05) is 31.0 Å². The Morgan fingerprint density at radius 1 is 1.08 bits per heavy atom. The Balaban J connectivity index is 1.85. The molecule has 2 heterocycles. The Hall–Kier alpha value is -2.88. The number of carbonyl (C=O) groups excluding carboxylic acids is 1. The van der Waals surface area contributed by atoms with Crippen molar-refractivity contribution in [3.05, 3.63) is 88.5 Å². The summed E-state index contributed by atoms with van der Waals surface area (Å²) in [5.41, 5.74) is 5.20. The Labute approximate surface area is 146 Å². The zero-order chi connectivity index (χ0) is 17.6. The van der Waals surface area contributed by atoms with Crippen LogP contribution in [0.15, 0.2) is 54.7 Å². The van der Waals surface area contributed by atoms with Gasteiger partial charge in [-0.3, -0.25) is 4.79 Å². The van der Waals surface area contributed by atoms with Crippen molar-refractivity contribution in [3.63, 3.8) is 0 Å². The van der Waals surface area contributed by atoms with Gasteiger partial charge in [-0.25, -0.2) is 4.39 Å². The van der Waals surface area contributed by atoms with Gasteiger partial charge in [0.2, 0.25) is 0 Å². The third-order valence-corrected chi connectivity index (χ3v) is 4.86. The lowest BCUT2D eigenvalue weighted by Crippen LogP contribution is -2.31. The molecule has 0 spiro atoms. The normalized spacial score (nSPS) is 13.2. The summed E-state index contributed by atoms with van der Waals surface area (Å²) >= 11 is 0. The topological polar surface area (TPSA) is 25.2 Å². The summed E-state index contributed by atoms with van der Waals surface area (Å²) in [5.74, 6) is -0.782. The van der Waals surface area contributed by atoms with Crippen molar-refractivity contribution in [1.82, 2.24) is 4.57 Å². The average Bonchev–Trinajstić information content (AvgIpc) is 2.86. The number of nitrogens with zero attached hydrogens (tertiary/aromatic N) is 2. The lowest BCUT2D eigenvalue weighted by molar-refractivity contribution is 0.0981. The third kappa shape index (κ3) is 2.64. The van der Waals surface area contributed by atoms with E-state index in [9.17, 15) is 9.18 Å². The van der Waals surface area contributed by atoms with E-state index < -0.39 is 5.82 Å². The molecule has 25 heavy (non-hydrogen) atoms. The lowest BCUT2D eigenvalue weighted by Gasteiger charge is -2.23. The molecule has 1 amide bonds. The van der Waals surface area contributed by atoms with E-state index in [2.05, 4.69) is 4.57 Å². The molecule has 0 saturated heterocycles. The lowest BCUT2D eigenvalue weighted by atomic mass is 10.1. The van der Waals surface area contributed by atoms with Crippen molar-refractivity contribution in [2.75, 3.05) is 4.90 Å². The SMILES string of the molecule is Cc1ccc(F)c(C(=O)N2Cc3ccn(C)c3Cc3ccccc32)c1. The van der Waals surface area contributed by atoms with Gasteiger partial charge in [-0.05, 0) is 42.3 Å². The van der Waals surface area contributed by atoms with Gasteiger partial charge in [0.05, 0.1) is 12.1 Å². The molecule has 3 nitrogen and oxygen atoms in total. The van der Waals surface area contributed by atoms with E-state index in [0.717, 1.165) is 28.8 Å². The minimum atomic E-state index is -0.481. The first-order chi connectivity index (χ1) is 12.0. The number of aromatic nitrogens is 1. The monoisotopic (exact) mass is 334 g/mol. The number of carbonyl (C=O) groups is 1. The second kappa shape index (κ2) is 5.88. The van der Waals surface area contributed by atoms with Crippen LogP contribution in [0.3, 0.4) is 0 Å². The molecule has 0 saturated carbocycles. The highest BCUT2D eigenvalue weighted by molar-refractivity contribution is 6.07. The molecule has 4 heteroatoms. The van der Waals surface area contributed by atoms with Crippen molar-refractivity contribution in [3.8, 4) is 0 Å². The zero-order valence-corrected chi connectivity index (χ0v) is 14.3. The number of anilines is 1. The molecule has 0 fully saturated rings. The number of amides is 1. The molecule has 0 radical (unpaired) electrons. The Bertz CT molecular complexity index is 974. The van der Waals surface area contributed by atoms with Crippen LogP contribution in [0.25, 0.3) is 0 Å². The molecular weight excluding hydrogens is 315 g/mol. The fourth-order valence-corrected chi connectivity index (χ4v) is 3.49.